The number of hydrogen-bond donors (Lipinski definition) is 1. The molecule has 27 heavy (non-hydrogen) atoms. The molecule has 0 aliphatic carbocycles. The number of nitrogens with one attached hydrogen (secondary N) is 1. The first kappa shape index (κ1) is 19.4. The summed E-state index contributed by atoms with van der Waals surface area (Å²) in [4.78, 5) is 31.2. The van der Waals surface area contributed by atoms with Gasteiger partial charge in [0.1, 0.15) is 11.4 Å². The second kappa shape index (κ2) is 8.08. The number of piperidine rings is 1. The van der Waals surface area contributed by atoms with Crippen molar-refractivity contribution in [1.29, 1.82) is 0 Å². The highest BCUT2D eigenvalue weighted by Crippen LogP contribution is 2.26. The lowest BCUT2D eigenvalue weighted by Gasteiger charge is -2.31. The molecule has 2 amide bonds. The number of halogens is 1. The molecule has 1 fully saturated rings. The second-order valence-corrected chi connectivity index (χ2v) is 7.52. The van der Waals surface area contributed by atoms with Gasteiger partial charge in [0, 0.05) is 31.1 Å². The lowest BCUT2D eigenvalue weighted by atomic mass is 9.95. The van der Waals surface area contributed by atoms with Gasteiger partial charge in [-0.05, 0) is 31.9 Å². The zero-order chi connectivity index (χ0) is 19.6. The molecule has 0 spiro atoms. The minimum absolute atomic E-state index is 0.0734. The van der Waals surface area contributed by atoms with Crippen LogP contribution in [0.5, 0.6) is 0 Å². The average molecular weight is 391 g/mol. The maximum Gasteiger partial charge on any atom is 0.259 e. The van der Waals surface area contributed by atoms with Crippen LogP contribution < -0.4 is 5.32 Å². The molecule has 3 rings (SSSR count). The maximum atomic E-state index is 12.9. The molecule has 8 heteroatoms. The molecule has 0 bridgehead atoms. The molecule has 2 aromatic rings. The van der Waals surface area contributed by atoms with E-state index >= 15 is 0 Å². The van der Waals surface area contributed by atoms with Crippen molar-refractivity contribution in [3.05, 3.63) is 40.4 Å². The van der Waals surface area contributed by atoms with Crippen molar-refractivity contribution >= 4 is 29.2 Å². The molecule has 0 saturated carbocycles. The van der Waals surface area contributed by atoms with Crippen LogP contribution in [-0.4, -0.2) is 39.9 Å². The van der Waals surface area contributed by atoms with Crippen molar-refractivity contribution in [1.82, 2.24) is 15.0 Å². The molecule has 0 radical (unpaired) electrons. The highest BCUT2D eigenvalue weighted by atomic mass is 35.5. The summed E-state index contributed by atoms with van der Waals surface area (Å²) in [5.74, 6) is 0.868. The highest BCUT2D eigenvalue weighted by Gasteiger charge is 2.31. The number of aryl methyl sites for hydroxylation is 1. The number of nitrogens with zero attached hydrogens (tertiary/aromatic N) is 3. The fourth-order valence-electron chi connectivity index (χ4n) is 3.22. The Bertz CT molecular complexity index is 824. The standard InChI is InChI=1S/C19H23ClN4O3/c1-11(2)17-16(12(3)23-27-17)19(26)24-8-6-13(7-9-24)18(25)22-15-5-4-14(20)10-21-15/h4-5,10-11,13H,6-9H2,1-3H3,(H,21,22,25). The largest absolute Gasteiger partial charge is 0.360 e. The number of carbonyl (C=O) groups is 2. The molecule has 1 aliphatic rings. The van der Waals surface area contributed by atoms with Gasteiger partial charge in [0.2, 0.25) is 5.91 Å². The van der Waals surface area contributed by atoms with Crippen molar-refractivity contribution in [3.8, 4) is 0 Å². The van der Waals surface area contributed by atoms with Crippen LogP contribution in [0.25, 0.3) is 0 Å². The number of anilines is 1. The zero-order valence-electron chi connectivity index (χ0n) is 15.7. The Labute approximate surface area is 163 Å². The van der Waals surface area contributed by atoms with Crippen LogP contribution in [0.4, 0.5) is 5.82 Å². The highest BCUT2D eigenvalue weighted by molar-refractivity contribution is 6.30. The minimum atomic E-state index is -0.153. The van der Waals surface area contributed by atoms with E-state index in [1.807, 2.05) is 13.8 Å². The van der Waals surface area contributed by atoms with Crippen LogP contribution in [0.15, 0.2) is 22.9 Å². The van der Waals surface area contributed by atoms with Gasteiger partial charge < -0.3 is 14.7 Å². The monoisotopic (exact) mass is 390 g/mol. The number of aromatic nitrogens is 2. The lowest BCUT2D eigenvalue weighted by Crippen LogP contribution is -2.41. The van der Waals surface area contributed by atoms with Gasteiger partial charge in [-0.3, -0.25) is 9.59 Å². The fraction of sp³-hybridized carbons (Fsp3) is 0.474. The van der Waals surface area contributed by atoms with Crippen LogP contribution in [0.1, 0.15) is 54.4 Å². The predicted molar refractivity (Wildman–Crippen MR) is 102 cm³/mol. The van der Waals surface area contributed by atoms with Crippen molar-refractivity contribution in [3.63, 3.8) is 0 Å². The molecule has 0 aromatic carbocycles. The first-order chi connectivity index (χ1) is 12.9. The topological polar surface area (TPSA) is 88.3 Å². The molecule has 1 saturated heterocycles. The smallest absolute Gasteiger partial charge is 0.259 e. The quantitative estimate of drug-likeness (QED) is 0.860. The van der Waals surface area contributed by atoms with Gasteiger partial charge in [-0.1, -0.05) is 30.6 Å². The molecule has 1 aliphatic heterocycles. The van der Waals surface area contributed by atoms with Crippen LogP contribution in [-0.2, 0) is 4.79 Å². The molecule has 7 nitrogen and oxygen atoms in total. The second-order valence-electron chi connectivity index (χ2n) is 7.08. The van der Waals surface area contributed by atoms with Gasteiger partial charge in [0.25, 0.3) is 5.91 Å². The third-order valence-corrected chi connectivity index (χ3v) is 4.98. The third-order valence-electron chi connectivity index (χ3n) is 4.76. The van der Waals surface area contributed by atoms with Gasteiger partial charge in [-0.15, -0.1) is 0 Å². The Morgan fingerprint density at radius 1 is 1.30 bits per heavy atom. The van der Waals surface area contributed by atoms with Gasteiger partial charge in [0.05, 0.1) is 10.7 Å². The first-order valence-corrected chi connectivity index (χ1v) is 9.42. The lowest BCUT2D eigenvalue weighted by molar-refractivity contribution is -0.121. The van der Waals surface area contributed by atoms with E-state index in [4.69, 9.17) is 16.1 Å². The summed E-state index contributed by atoms with van der Waals surface area (Å²) >= 11 is 5.80. The van der Waals surface area contributed by atoms with Crippen molar-refractivity contribution in [2.45, 2.75) is 39.5 Å². The summed E-state index contributed by atoms with van der Waals surface area (Å²) in [6.07, 6.45) is 2.70. The molecule has 2 aromatic heterocycles. The minimum Gasteiger partial charge on any atom is -0.360 e. The van der Waals surface area contributed by atoms with E-state index in [9.17, 15) is 9.59 Å². The van der Waals surface area contributed by atoms with E-state index in [0.717, 1.165) is 0 Å². The van der Waals surface area contributed by atoms with Crippen LogP contribution in [0.3, 0.4) is 0 Å². The van der Waals surface area contributed by atoms with E-state index in [2.05, 4.69) is 15.5 Å². The number of carbonyl (C=O) groups excluding carboxylic acids is 2. The summed E-state index contributed by atoms with van der Waals surface area (Å²) in [7, 11) is 0. The summed E-state index contributed by atoms with van der Waals surface area (Å²) in [5.41, 5.74) is 1.16. The van der Waals surface area contributed by atoms with Crippen molar-refractivity contribution in [2.24, 2.45) is 5.92 Å². The number of pyridine rings is 1. The predicted octanol–water partition coefficient (Wildman–Crippen LogP) is 3.65. The number of amides is 2. The van der Waals surface area contributed by atoms with E-state index in [1.165, 1.54) is 6.20 Å². The number of rotatable bonds is 4. The van der Waals surface area contributed by atoms with Crippen LogP contribution >= 0.6 is 11.6 Å². The average Bonchev–Trinajstić information content (AvgIpc) is 3.05. The summed E-state index contributed by atoms with van der Waals surface area (Å²) < 4.78 is 5.32. The van der Waals surface area contributed by atoms with E-state index in [-0.39, 0.29) is 23.7 Å². The van der Waals surface area contributed by atoms with Crippen LogP contribution in [0.2, 0.25) is 5.02 Å². The SMILES string of the molecule is Cc1noc(C(C)C)c1C(=O)N1CCC(C(=O)Nc2ccc(Cl)cn2)CC1. The Morgan fingerprint density at radius 3 is 2.59 bits per heavy atom. The Hall–Kier alpha value is -2.41. The third kappa shape index (κ3) is 4.30. The van der Waals surface area contributed by atoms with Gasteiger partial charge in [-0.25, -0.2) is 4.98 Å². The van der Waals surface area contributed by atoms with Gasteiger partial charge in [0.15, 0.2) is 5.76 Å². The molecule has 0 unspecified atom stereocenters. The summed E-state index contributed by atoms with van der Waals surface area (Å²) in [6, 6.07) is 3.35. The summed E-state index contributed by atoms with van der Waals surface area (Å²) in [6.45, 7) is 6.76. The Kier molecular flexibility index (Phi) is 5.79. The first-order valence-electron chi connectivity index (χ1n) is 9.04. The maximum absolute atomic E-state index is 12.9. The van der Waals surface area contributed by atoms with Crippen LogP contribution in [0, 0.1) is 12.8 Å². The van der Waals surface area contributed by atoms with Gasteiger partial charge >= 0.3 is 0 Å². The Morgan fingerprint density at radius 2 is 2.00 bits per heavy atom. The zero-order valence-corrected chi connectivity index (χ0v) is 16.4. The molecule has 1 N–H and O–H groups in total. The molecule has 0 atom stereocenters. The number of hydrogen-bond acceptors (Lipinski definition) is 5. The molecular weight excluding hydrogens is 368 g/mol. The van der Waals surface area contributed by atoms with E-state index in [0.29, 0.717) is 53.8 Å². The Balaban J connectivity index is 1.60. The molecule has 3 heterocycles. The fourth-order valence-corrected chi connectivity index (χ4v) is 3.33. The molecular formula is C19H23ClN4O3. The van der Waals surface area contributed by atoms with E-state index in [1.54, 1.807) is 24.0 Å². The van der Waals surface area contributed by atoms with Gasteiger partial charge in [-0.2, -0.15) is 0 Å². The number of likely N-dealkylation sites (tertiary alicyclic amines) is 1. The van der Waals surface area contributed by atoms with Crippen molar-refractivity contribution < 1.29 is 14.1 Å². The van der Waals surface area contributed by atoms with E-state index < -0.39 is 0 Å². The normalized spacial score (nSPS) is 15.2. The van der Waals surface area contributed by atoms with Crippen molar-refractivity contribution in [2.75, 3.05) is 18.4 Å². The molecule has 144 valence electrons. The summed E-state index contributed by atoms with van der Waals surface area (Å²) in [5, 5.41) is 7.27.